The van der Waals surface area contributed by atoms with Gasteiger partial charge >= 0.3 is 5.97 Å². The Morgan fingerprint density at radius 3 is 2.92 bits per heavy atom. The van der Waals surface area contributed by atoms with Gasteiger partial charge in [0.2, 0.25) is 5.91 Å². The molecule has 4 rings (SSSR count). The largest absolute Gasteiger partial charge is 0.493 e. The number of hydrogen-bond donors (Lipinski definition) is 1. The number of ether oxygens (including phenoxy) is 1. The Bertz CT molecular complexity index is 720. The molecule has 0 bridgehead atoms. The summed E-state index contributed by atoms with van der Waals surface area (Å²) in [6.07, 6.45) is 3.15. The van der Waals surface area contributed by atoms with E-state index < -0.39 is 11.9 Å². The van der Waals surface area contributed by atoms with Gasteiger partial charge in [-0.25, -0.2) is 0 Å². The van der Waals surface area contributed by atoms with Gasteiger partial charge in [0, 0.05) is 44.4 Å². The summed E-state index contributed by atoms with van der Waals surface area (Å²) >= 11 is 0. The number of aliphatic carboxylic acids is 1. The van der Waals surface area contributed by atoms with Crippen LogP contribution in [0.25, 0.3) is 0 Å². The van der Waals surface area contributed by atoms with E-state index in [0.717, 1.165) is 37.2 Å². The number of likely N-dealkylation sites (tertiary alicyclic amines) is 2. The van der Waals surface area contributed by atoms with Crippen LogP contribution in [0, 0.1) is 5.92 Å². The number of carbonyl (C=O) groups excluding carboxylic acids is 1. The molecule has 3 atom stereocenters. The van der Waals surface area contributed by atoms with Crippen molar-refractivity contribution in [1.82, 2.24) is 9.80 Å². The number of carboxylic acids is 1. The van der Waals surface area contributed by atoms with Crippen molar-refractivity contribution in [2.45, 2.75) is 37.6 Å². The van der Waals surface area contributed by atoms with Gasteiger partial charge in [0.05, 0.1) is 12.5 Å². The van der Waals surface area contributed by atoms with E-state index in [1.54, 1.807) is 0 Å². The lowest BCUT2D eigenvalue weighted by Gasteiger charge is -2.26. The monoisotopic (exact) mass is 358 g/mol. The first kappa shape index (κ1) is 17.3. The van der Waals surface area contributed by atoms with E-state index in [1.807, 2.05) is 24.1 Å². The second-order valence-corrected chi connectivity index (χ2v) is 7.72. The predicted octanol–water partition coefficient (Wildman–Crippen LogP) is 1.73. The van der Waals surface area contributed by atoms with E-state index in [1.165, 1.54) is 5.56 Å². The van der Waals surface area contributed by atoms with E-state index in [9.17, 15) is 14.7 Å². The molecule has 1 aromatic rings. The number of likely N-dealkylation sites (N-methyl/N-ethyl adjacent to an activating group) is 1. The second kappa shape index (κ2) is 6.91. The normalized spacial score (nSPS) is 28.4. The number of carbonyl (C=O) groups is 2. The average molecular weight is 358 g/mol. The molecule has 3 unspecified atom stereocenters. The number of nitrogens with zero attached hydrogens (tertiary/aromatic N) is 2. The van der Waals surface area contributed by atoms with E-state index in [4.69, 9.17) is 4.74 Å². The zero-order valence-corrected chi connectivity index (χ0v) is 15.2. The van der Waals surface area contributed by atoms with Crippen LogP contribution in [0.3, 0.4) is 0 Å². The van der Waals surface area contributed by atoms with Crippen LogP contribution in [0.1, 0.15) is 36.3 Å². The maximum absolute atomic E-state index is 12.1. The zero-order chi connectivity index (χ0) is 18.3. The fourth-order valence-electron chi connectivity index (χ4n) is 4.82. The van der Waals surface area contributed by atoms with Crippen molar-refractivity contribution in [3.63, 3.8) is 0 Å². The maximum Gasteiger partial charge on any atom is 0.308 e. The number of rotatable bonds is 5. The topological polar surface area (TPSA) is 70.1 Å². The molecule has 1 amide bonds. The molecule has 6 nitrogen and oxygen atoms in total. The van der Waals surface area contributed by atoms with Gasteiger partial charge in [0.15, 0.2) is 0 Å². The van der Waals surface area contributed by atoms with E-state index in [0.29, 0.717) is 26.0 Å². The molecule has 1 N–H and O–H groups in total. The highest BCUT2D eigenvalue weighted by Gasteiger charge is 2.45. The van der Waals surface area contributed by atoms with E-state index in [2.05, 4.69) is 11.0 Å². The lowest BCUT2D eigenvalue weighted by Crippen LogP contribution is -2.38. The fraction of sp³-hybridized carbons (Fsp3) is 0.600. The summed E-state index contributed by atoms with van der Waals surface area (Å²) < 4.78 is 5.57. The van der Waals surface area contributed by atoms with Crippen LogP contribution in [-0.4, -0.2) is 66.1 Å². The zero-order valence-electron chi connectivity index (χ0n) is 15.2. The van der Waals surface area contributed by atoms with Gasteiger partial charge in [-0.1, -0.05) is 12.1 Å². The quantitative estimate of drug-likeness (QED) is 0.868. The summed E-state index contributed by atoms with van der Waals surface area (Å²) in [6.45, 7) is 2.90. The van der Waals surface area contributed by atoms with Crippen LogP contribution in [0.4, 0.5) is 0 Å². The average Bonchev–Trinajstić information content (AvgIpc) is 3.31. The number of fused-ring (bicyclic) bond motifs is 1. The molecule has 3 aliphatic rings. The van der Waals surface area contributed by atoms with Crippen molar-refractivity contribution >= 4 is 11.9 Å². The molecule has 6 heteroatoms. The van der Waals surface area contributed by atoms with Gasteiger partial charge in [-0.05, 0) is 37.1 Å². The third-order valence-electron chi connectivity index (χ3n) is 6.19. The molecule has 26 heavy (non-hydrogen) atoms. The van der Waals surface area contributed by atoms with E-state index in [-0.39, 0.29) is 17.9 Å². The standard InChI is InChI=1S/C20H26N2O4/c1-21-12-15(13-4-5-17-14(11-13)7-10-26-17)19(20(24)25)16(21)6-9-22-8-2-3-18(22)23/h4-5,11,15-16,19H,2-3,6-10,12H2,1H3,(H,24,25). The highest BCUT2D eigenvalue weighted by atomic mass is 16.5. The molecule has 140 valence electrons. The molecule has 1 aromatic carbocycles. The summed E-state index contributed by atoms with van der Waals surface area (Å²) in [6, 6.07) is 6.08. The molecule has 2 saturated heterocycles. The van der Waals surface area contributed by atoms with E-state index >= 15 is 0 Å². The second-order valence-electron chi connectivity index (χ2n) is 7.72. The highest BCUT2D eigenvalue weighted by Crippen LogP contribution is 2.40. The third kappa shape index (κ3) is 3.07. The first-order valence-electron chi connectivity index (χ1n) is 9.51. The van der Waals surface area contributed by atoms with Crippen LogP contribution < -0.4 is 4.74 Å². The SMILES string of the molecule is CN1CC(c2ccc3c(c2)CCO3)C(C(=O)O)C1CCN1CCCC1=O. The Morgan fingerprint density at radius 2 is 2.19 bits per heavy atom. The molecule has 3 aliphatic heterocycles. The molecule has 0 aromatic heterocycles. The minimum atomic E-state index is -0.742. The van der Waals surface area contributed by atoms with Gasteiger partial charge in [-0.15, -0.1) is 0 Å². The minimum absolute atomic E-state index is 0.0253. The molecule has 0 aliphatic carbocycles. The number of amides is 1. The fourth-order valence-corrected chi connectivity index (χ4v) is 4.82. The first-order chi connectivity index (χ1) is 12.5. The van der Waals surface area contributed by atoms with Crippen molar-refractivity contribution in [2.24, 2.45) is 5.92 Å². The molecular formula is C20H26N2O4. The first-order valence-corrected chi connectivity index (χ1v) is 9.51. The third-order valence-corrected chi connectivity index (χ3v) is 6.19. The Hall–Kier alpha value is -2.08. The summed E-state index contributed by atoms with van der Waals surface area (Å²) in [7, 11) is 2.00. The molecule has 2 fully saturated rings. The Labute approximate surface area is 153 Å². The van der Waals surface area contributed by atoms with Gasteiger partial charge in [-0.3, -0.25) is 9.59 Å². The van der Waals surface area contributed by atoms with Crippen LogP contribution >= 0.6 is 0 Å². The molecule has 0 saturated carbocycles. The number of benzene rings is 1. The summed E-state index contributed by atoms with van der Waals surface area (Å²) in [4.78, 5) is 28.0. The lowest BCUT2D eigenvalue weighted by molar-refractivity contribution is -0.143. The summed E-state index contributed by atoms with van der Waals surface area (Å²) in [5.41, 5.74) is 2.27. The maximum atomic E-state index is 12.1. The smallest absolute Gasteiger partial charge is 0.308 e. The lowest BCUT2D eigenvalue weighted by atomic mass is 9.83. The predicted molar refractivity (Wildman–Crippen MR) is 96.4 cm³/mol. The molecule has 0 spiro atoms. The van der Waals surface area contributed by atoms with Crippen molar-refractivity contribution in [3.8, 4) is 5.75 Å². The Morgan fingerprint density at radius 1 is 1.35 bits per heavy atom. The molecule has 3 heterocycles. The number of hydrogen-bond acceptors (Lipinski definition) is 4. The van der Waals surface area contributed by atoms with Gasteiger partial charge in [0.1, 0.15) is 5.75 Å². The van der Waals surface area contributed by atoms with Gasteiger partial charge < -0.3 is 19.6 Å². The summed E-state index contributed by atoms with van der Waals surface area (Å²) in [5.74, 6) is -0.0848. The van der Waals surface area contributed by atoms with Crippen LogP contribution in [-0.2, 0) is 16.0 Å². The highest BCUT2D eigenvalue weighted by molar-refractivity contribution is 5.78. The Kier molecular flexibility index (Phi) is 4.61. The van der Waals surface area contributed by atoms with Crippen molar-refractivity contribution in [1.29, 1.82) is 0 Å². The van der Waals surface area contributed by atoms with Crippen LogP contribution in [0.5, 0.6) is 5.75 Å². The van der Waals surface area contributed by atoms with Gasteiger partial charge in [0.25, 0.3) is 0 Å². The van der Waals surface area contributed by atoms with Crippen molar-refractivity contribution in [3.05, 3.63) is 29.3 Å². The molecule has 0 radical (unpaired) electrons. The van der Waals surface area contributed by atoms with Crippen LogP contribution in [0.15, 0.2) is 18.2 Å². The van der Waals surface area contributed by atoms with Crippen molar-refractivity contribution < 1.29 is 19.4 Å². The van der Waals surface area contributed by atoms with Gasteiger partial charge in [-0.2, -0.15) is 0 Å². The molecular weight excluding hydrogens is 332 g/mol. The minimum Gasteiger partial charge on any atom is -0.493 e. The number of carboxylic acid groups (broad SMARTS) is 1. The summed E-state index contributed by atoms with van der Waals surface area (Å²) in [5, 5.41) is 9.94. The Balaban J connectivity index is 1.52. The van der Waals surface area contributed by atoms with Crippen molar-refractivity contribution in [2.75, 3.05) is 33.3 Å². The van der Waals surface area contributed by atoms with Crippen LogP contribution in [0.2, 0.25) is 0 Å².